The van der Waals surface area contributed by atoms with Gasteiger partial charge in [-0.1, -0.05) is 18.2 Å². The number of sulfonamides is 1. The van der Waals surface area contributed by atoms with Crippen molar-refractivity contribution in [2.75, 3.05) is 39.4 Å². The summed E-state index contributed by atoms with van der Waals surface area (Å²) in [6.45, 7) is 4.26. The van der Waals surface area contributed by atoms with Crippen molar-refractivity contribution < 1.29 is 17.9 Å². The number of ether oxygens (including phenoxy) is 2. The molecule has 0 aliphatic carbocycles. The van der Waals surface area contributed by atoms with Crippen molar-refractivity contribution in [3.63, 3.8) is 0 Å². The Balaban J connectivity index is 1.27. The molecule has 3 aromatic rings. The van der Waals surface area contributed by atoms with Gasteiger partial charge < -0.3 is 14.5 Å². The zero-order chi connectivity index (χ0) is 20.6. The van der Waals surface area contributed by atoms with Gasteiger partial charge >= 0.3 is 0 Å². The second-order valence-electron chi connectivity index (χ2n) is 7.70. The smallest absolute Gasteiger partial charge is 0.243 e. The standard InChI is InChI=1S/C22H25N3O4S/c26-30(27,18-6-7-21-22(14-18)29-13-3-12-28-21)25-10-8-24(9-11-25)16-17-15-23-20-5-2-1-4-19(17)20/h1-2,4-7,14-15,23H,3,8-13,16H2. The summed E-state index contributed by atoms with van der Waals surface area (Å²) in [7, 11) is -3.56. The van der Waals surface area contributed by atoms with Gasteiger partial charge in [0.05, 0.1) is 18.1 Å². The van der Waals surface area contributed by atoms with E-state index in [1.165, 1.54) is 10.9 Å². The molecular weight excluding hydrogens is 402 g/mol. The van der Waals surface area contributed by atoms with E-state index in [1.807, 2.05) is 18.3 Å². The summed E-state index contributed by atoms with van der Waals surface area (Å²) >= 11 is 0. The second-order valence-corrected chi connectivity index (χ2v) is 9.64. The molecule has 8 heteroatoms. The number of aromatic nitrogens is 1. The van der Waals surface area contributed by atoms with Gasteiger partial charge in [0.15, 0.2) is 11.5 Å². The number of nitrogens with zero attached hydrogens (tertiary/aromatic N) is 2. The molecule has 5 rings (SSSR count). The van der Waals surface area contributed by atoms with Gasteiger partial charge in [0.25, 0.3) is 0 Å². The predicted molar refractivity (Wildman–Crippen MR) is 114 cm³/mol. The summed E-state index contributed by atoms with van der Waals surface area (Å²) in [5.41, 5.74) is 2.37. The number of fused-ring (bicyclic) bond motifs is 2. The molecule has 0 amide bonds. The Labute approximate surface area is 176 Å². The lowest BCUT2D eigenvalue weighted by Gasteiger charge is -2.34. The van der Waals surface area contributed by atoms with Crippen molar-refractivity contribution >= 4 is 20.9 Å². The van der Waals surface area contributed by atoms with E-state index in [-0.39, 0.29) is 4.90 Å². The van der Waals surface area contributed by atoms with E-state index >= 15 is 0 Å². The van der Waals surface area contributed by atoms with E-state index in [0.29, 0.717) is 50.9 Å². The molecule has 1 aromatic heterocycles. The topological polar surface area (TPSA) is 74.9 Å². The van der Waals surface area contributed by atoms with Crippen LogP contribution in [-0.2, 0) is 16.6 Å². The molecule has 7 nitrogen and oxygen atoms in total. The largest absolute Gasteiger partial charge is 0.490 e. The average molecular weight is 428 g/mol. The number of aromatic amines is 1. The minimum absolute atomic E-state index is 0.261. The van der Waals surface area contributed by atoms with Crippen LogP contribution in [0.15, 0.2) is 53.6 Å². The van der Waals surface area contributed by atoms with E-state index in [1.54, 1.807) is 22.5 Å². The number of H-pyrrole nitrogens is 1. The van der Waals surface area contributed by atoms with E-state index < -0.39 is 10.0 Å². The molecule has 0 unspecified atom stereocenters. The fourth-order valence-corrected chi connectivity index (χ4v) is 5.52. The van der Waals surface area contributed by atoms with E-state index in [2.05, 4.69) is 22.0 Å². The highest BCUT2D eigenvalue weighted by molar-refractivity contribution is 7.89. The Hall–Kier alpha value is -2.55. The summed E-state index contributed by atoms with van der Waals surface area (Å²) in [4.78, 5) is 5.87. The van der Waals surface area contributed by atoms with E-state index in [4.69, 9.17) is 9.47 Å². The zero-order valence-corrected chi connectivity index (χ0v) is 17.5. The maximum absolute atomic E-state index is 13.2. The molecule has 2 aliphatic heterocycles. The highest BCUT2D eigenvalue weighted by Crippen LogP contribution is 2.33. The van der Waals surface area contributed by atoms with Crippen molar-refractivity contribution in [3.05, 3.63) is 54.2 Å². The average Bonchev–Trinajstić information content (AvgIpc) is 3.02. The summed E-state index contributed by atoms with van der Waals surface area (Å²) in [5.74, 6) is 1.11. The normalized spacial score (nSPS) is 18.4. The highest BCUT2D eigenvalue weighted by Gasteiger charge is 2.29. The van der Waals surface area contributed by atoms with Crippen molar-refractivity contribution in [2.45, 2.75) is 17.9 Å². The van der Waals surface area contributed by atoms with Gasteiger partial charge in [0, 0.05) is 62.3 Å². The molecule has 2 aliphatic rings. The van der Waals surface area contributed by atoms with E-state index in [0.717, 1.165) is 18.5 Å². The number of benzene rings is 2. The lowest BCUT2D eigenvalue weighted by Crippen LogP contribution is -2.48. The molecule has 0 spiro atoms. The van der Waals surface area contributed by atoms with Gasteiger partial charge in [0.1, 0.15) is 0 Å². The molecule has 3 heterocycles. The van der Waals surface area contributed by atoms with Crippen LogP contribution in [0, 0.1) is 0 Å². The van der Waals surface area contributed by atoms with Crippen molar-refractivity contribution in [1.29, 1.82) is 0 Å². The van der Waals surface area contributed by atoms with Crippen LogP contribution in [0.5, 0.6) is 11.5 Å². The number of hydrogen-bond donors (Lipinski definition) is 1. The van der Waals surface area contributed by atoms with Crippen LogP contribution >= 0.6 is 0 Å². The summed E-state index contributed by atoms with van der Waals surface area (Å²) in [6.07, 6.45) is 2.83. The molecule has 1 saturated heterocycles. The third-order valence-corrected chi connectivity index (χ3v) is 7.65. The highest BCUT2D eigenvalue weighted by atomic mass is 32.2. The van der Waals surface area contributed by atoms with Crippen LogP contribution in [0.3, 0.4) is 0 Å². The Bertz CT molecular complexity index is 1150. The van der Waals surface area contributed by atoms with Crippen LogP contribution in [-0.4, -0.2) is 62.0 Å². The summed E-state index contributed by atoms with van der Waals surface area (Å²) in [5, 5.41) is 1.22. The van der Waals surface area contributed by atoms with Crippen molar-refractivity contribution in [1.82, 2.24) is 14.2 Å². The Morgan fingerprint density at radius 3 is 2.53 bits per heavy atom. The number of piperazine rings is 1. The summed E-state index contributed by atoms with van der Waals surface area (Å²) in [6, 6.07) is 13.1. The number of hydrogen-bond acceptors (Lipinski definition) is 5. The van der Waals surface area contributed by atoms with Gasteiger partial charge in [-0.05, 0) is 23.8 Å². The predicted octanol–water partition coefficient (Wildman–Crippen LogP) is 2.84. The first kappa shape index (κ1) is 19.4. The van der Waals surface area contributed by atoms with Crippen molar-refractivity contribution in [2.24, 2.45) is 0 Å². The van der Waals surface area contributed by atoms with Crippen LogP contribution in [0.2, 0.25) is 0 Å². The van der Waals surface area contributed by atoms with Crippen LogP contribution in [0.4, 0.5) is 0 Å². The monoisotopic (exact) mass is 427 g/mol. The molecule has 1 N–H and O–H groups in total. The third kappa shape index (κ3) is 3.66. The first-order valence-corrected chi connectivity index (χ1v) is 11.7. The molecule has 158 valence electrons. The number of rotatable bonds is 4. The number of para-hydroxylation sites is 1. The van der Waals surface area contributed by atoms with Gasteiger partial charge in [0.2, 0.25) is 10.0 Å². The Morgan fingerprint density at radius 2 is 1.70 bits per heavy atom. The third-order valence-electron chi connectivity index (χ3n) is 5.76. The zero-order valence-electron chi connectivity index (χ0n) is 16.7. The van der Waals surface area contributed by atoms with Gasteiger partial charge in [-0.15, -0.1) is 0 Å². The fourth-order valence-electron chi connectivity index (χ4n) is 4.08. The maximum Gasteiger partial charge on any atom is 0.243 e. The molecule has 1 fully saturated rings. The molecule has 0 radical (unpaired) electrons. The van der Waals surface area contributed by atoms with E-state index in [9.17, 15) is 8.42 Å². The minimum atomic E-state index is -3.56. The first-order valence-electron chi connectivity index (χ1n) is 10.3. The molecular formula is C22H25N3O4S. The van der Waals surface area contributed by atoms with Crippen LogP contribution in [0.25, 0.3) is 10.9 Å². The Morgan fingerprint density at radius 1 is 0.933 bits per heavy atom. The van der Waals surface area contributed by atoms with Crippen molar-refractivity contribution in [3.8, 4) is 11.5 Å². The second kappa shape index (κ2) is 7.94. The summed E-state index contributed by atoms with van der Waals surface area (Å²) < 4.78 is 39.2. The van der Waals surface area contributed by atoms with Gasteiger partial charge in [-0.3, -0.25) is 4.90 Å². The molecule has 30 heavy (non-hydrogen) atoms. The molecule has 0 bridgehead atoms. The quantitative estimate of drug-likeness (QED) is 0.693. The number of nitrogens with one attached hydrogen (secondary N) is 1. The van der Waals surface area contributed by atoms with Crippen LogP contribution in [0.1, 0.15) is 12.0 Å². The molecule has 0 atom stereocenters. The lowest BCUT2D eigenvalue weighted by molar-refractivity contribution is 0.182. The SMILES string of the molecule is O=S(=O)(c1ccc2c(c1)OCCCO2)N1CCN(Cc2c[nH]c3ccccc23)CC1. The molecule has 0 saturated carbocycles. The van der Waals surface area contributed by atoms with Gasteiger partial charge in [-0.2, -0.15) is 4.31 Å². The lowest BCUT2D eigenvalue weighted by atomic mass is 10.1. The van der Waals surface area contributed by atoms with Crippen LogP contribution < -0.4 is 9.47 Å². The van der Waals surface area contributed by atoms with Gasteiger partial charge in [-0.25, -0.2) is 8.42 Å². The molecule has 2 aromatic carbocycles. The fraction of sp³-hybridized carbons (Fsp3) is 0.364. The minimum Gasteiger partial charge on any atom is -0.490 e. The Kier molecular flexibility index (Phi) is 5.14. The maximum atomic E-state index is 13.2. The first-order chi connectivity index (χ1) is 14.6.